The molecule has 11 nitrogen and oxygen atoms in total. The molecule has 2 fully saturated rings. The maximum absolute atomic E-state index is 12.7. The van der Waals surface area contributed by atoms with E-state index in [0.717, 1.165) is 24.0 Å². The molecule has 0 unspecified atom stereocenters. The van der Waals surface area contributed by atoms with E-state index in [-0.39, 0.29) is 35.5 Å². The Morgan fingerprint density at radius 2 is 1.86 bits per heavy atom. The third kappa shape index (κ3) is 4.08. The van der Waals surface area contributed by atoms with Crippen LogP contribution in [0, 0.1) is 0 Å². The quantitative estimate of drug-likeness (QED) is 0.447. The first-order chi connectivity index (χ1) is 16.6. The summed E-state index contributed by atoms with van der Waals surface area (Å²) in [6.45, 7) is 4.75. The highest BCUT2D eigenvalue weighted by Gasteiger charge is 2.44. The fraction of sp³-hybridized carbons (Fsp3) is 0.542. The lowest BCUT2D eigenvalue weighted by Gasteiger charge is -2.39. The van der Waals surface area contributed by atoms with Gasteiger partial charge < -0.3 is 20.8 Å². The predicted octanol–water partition coefficient (Wildman–Crippen LogP) is 1.38. The van der Waals surface area contributed by atoms with Gasteiger partial charge in [0.05, 0.1) is 35.8 Å². The summed E-state index contributed by atoms with van der Waals surface area (Å²) in [7, 11) is 0. The zero-order chi connectivity index (χ0) is 25.1. The van der Waals surface area contributed by atoms with Crippen LogP contribution in [0.4, 0.5) is 5.82 Å². The molecular weight excluding hydrogens is 450 g/mol. The Balaban J connectivity index is 1.57. The topological polar surface area (TPSA) is 152 Å². The van der Waals surface area contributed by atoms with Gasteiger partial charge in [-0.3, -0.25) is 14.3 Å². The van der Waals surface area contributed by atoms with E-state index in [1.54, 1.807) is 30.9 Å². The van der Waals surface area contributed by atoms with Crippen LogP contribution in [-0.2, 0) is 11.3 Å². The van der Waals surface area contributed by atoms with E-state index in [1.807, 2.05) is 11.1 Å². The van der Waals surface area contributed by atoms with Crippen LogP contribution in [-0.4, -0.2) is 75.5 Å². The molecule has 2 aliphatic heterocycles. The van der Waals surface area contributed by atoms with Crippen molar-refractivity contribution >= 4 is 23.2 Å². The van der Waals surface area contributed by atoms with Crippen LogP contribution in [0.25, 0.3) is 16.8 Å². The monoisotopic (exact) mass is 481 g/mol. The molecule has 5 rings (SSSR count). The fourth-order valence-electron chi connectivity index (χ4n) is 5.77. The zero-order valence-corrected chi connectivity index (χ0v) is 20.2. The van der Waals surface area contributed by atoms with Crippen molar-refractivity contribution in [2.45, 2.75) is 76.6 Å². The molecular formula is C24H31N7O4. The number of hydrogen-bond acceptors (Lipinski definition) is 8. The van der Waals surface area contributed by atoms with E-state index in [2.05, 4.69) is 10.2 Å². The Hall–Kier alpha value is -3.31. The number of aromatic nitrogens is 5. The Bertz CT molecular complexity index is 1290. The van der Waals surface area contributed by atoms with Crippen molar-refractivity contribution in [1.29, 1.82) is 0 Å². The molecule has 0 saturated carbocycles. The summed E-state index contributed by atoms with van der Waals surface area (Å²) in [6, 6.07) is 0.0313. The van der Waals surface area contributed by atoms with Crippen LogP contribution in [0.15, 0.2) is 18.6 Å². The second-order valence-electron chi connectivity index (χ2n) is 10.4. The number of carbonyl (C=O) groups excluding carboxylic acids is 2. The van der Waals surface area contributed by atoms with E-state index in [9.17, 15) is 19.8 Å². The van der Waals surface area contributed by atoms with E-state index in [0.29, 0.717) is 36.3 Å². The first-order valence-corrected chi connectivity index (χ1v) is 11.9. The summed E-state index contributed by atoms with van der Waals surface area (Å²) < 4.78 is 3.15. The number of rotatable bonds is 6. The highest BCUT2D eigenvalue weighted by atomic mass is 16.3. The van der Waals surface area contributed by atoms with Gasteiger partial charge in [-0.15, -0.1) is 0 Å². The lowest BCUT2D eigenvalue weighted by atomic mass is 9.85. The molecule has 11 heteroatoms. The molecule has 3 atom stereocenters. The number of aliphatic hydroxyl groups is 2. The second kappa shape index (κ2) is 8.42. The summed E-state index contributed by atoms with van der Waals surface area (Å²) in [5, 5.41) is 28.3. The lowest BCUT2D eigenvalue weighted by Crippen LogP contribution is -2.47. The van der Waals surface area contributed by atoms with Crippen molar-refractivity contribution < 1.29 is 19.8 Å². The molecule has 4 N–H and O–H groups in total. The van der Waals surface area contributed by atoms with E-state index in [4.69, 9.17) is 10.7 Å². The summed E-state index contributed by atoms with van der Waals surface area (Å²) in [6.07, 6.45) is 8.25. The maximum Gasteiger partial charge on any atom is 0.248 e. The molecule has 35 heavy (non-hydrogen) atoms. The SMILES string of the molecule is CC(=O)c1c([C@@H]2C[C@H]3CC[C@@H](C2)N3C(=O)CO)nc2c(-c3cnn(CC(C)(C)O)c3)cnn2c1N. The van der Waals surface area contributed by atoms with Crippen molar-refractivity contribution in [1.82, 2.24) is 29.3 Å². The normalized spacial score (nSPS) is 22.2. The second-order valence-corrected chi connectivity index (χ2v) is 10.4. The summed E-state index contributed by atoms with van der Waals surface area (Å²) in [5.74, 6) is -0.217. The standard InChI is InChI=1S/C24H31N7O4/c1-13(33)20-21(14-6-16-4-5-17(7-14)30(16)19(34)11-32)28-23-18(9-27-31(23)22(20)25)15-8-26-29(10-15)12-24(2,3)35/h8-10,14,16-17,32,35H,4-7,11-12,25H2,1-3H3/t14-,16-,17+. The van der Waals surface area contributed by atoms with Crippen molar-refractivity contribution in [2.24, 2.45) is 0 Å². The average Bonchev–Trinajstić information content (AvgIpc) is 3.47. The third-order valence-electron chi connectivity index (χ3n) is 7.10. The Kier molecular flexibility index (Phi) is 5.64. The van der Waals surface area contributed by atoms with Crippen LogP contribution in [0.2, 0.25) is 0 Å². The van der Waals surface area contributed by atoms with Gasteiger partial charge in [-0.25, -0.2) is 4.98 Å². The van der Waals surface area contributed by atoms with Crippen LogP contribution >= 0.6 is 0 Å². The highest BCUT2D eigenvalue weighted by molar-refractivity contribution is 6.00. The number of Topliss-reactive ketones (excluding diaryl/α,β-unsaturated/α-hetero) is 1. The minimum Gasteiger partial charge on any atom is -0.389 e. The molecule has 2 saturated heterocycles. The number of anilines is 1. The minimum atomic E-state index is -0.914. The molecule has 2 aliphatic rings. The predicted molar refractivity (Wildman–Crippen MR) is 128 cm³/mol. The summed E-state index contributed by atoms with van der Waals surface area (Å²) in [4.78, 5) is 31.7. The van der Waals surface area contributed by atoms with Gasteiger partial charge in [0.1, 0.15) is 12.4 Å². The van der Waals surface area contributed by atoms with Crippen LogP contribution in [0.1, 0.15) is 68.4 Å². The molecule has 186 valence electrons. The number of ketones is 1. The summed E-state index contributed by atoms with van der Waals surface area (Å²) in [5.41, 5.74) is 8.61. The number of nitrogens with two attached hydrogens (primary N) is 1. The highest BCUT2D eigenvalue weighted by Crippen LogP contribution is 2.44. The van der Waals surface area contributed by atoms with E-state index >= 15 is 0 Å². The largest absolute Gasteiger partial charge is 0.389 e. The fourth-order valence-corrected chi connectivity index (χ4v) is 5.77. The van der Waals surface area contributed by atoms with Gasteiger partial charge in [-0.2, -0.15) is 14.7 Å². The van der Waals surface area contributed by atoms with Crippen molar-refractivity contribution in [3.05, 3.63) is 29.8 Å². The number of piperidine rings is 1. The van der Waals surface area contributed by atoms with Crippen molar-refractivity contribution in [2.75, 3.05) is 12.3 Å². The molecule has 2 bridgehead atoms. The van der Waals surface area contributed by atoms with Gasteiger partial charge in [0, 0.05) is 35.3 Å². The molecule has 0 radical (unpaired) electrons. The molecule has 5 heterocycles. The minimum absolute atomic E-state index is 0.0157. The van der Waals surface area contributed by atoms with Crippen LogP contribution < -0.4 is 5.73 Å². The molecule has 3 aromatic rings. The smallest absolute Gasteiger partial charge is 0.248 e. The number of fused-ring (bicyclic) bond motifs is 3. The molecule has 0 aliphatic carbocycles. The molecule has 0 spiro atoms. The Labute approximate surface area is 202 Å². The molecule has 0 aromatic carbocycles. The first kappa shape index (κ1) is 23.4. The molecule has 3 aromatic heterocycles. The van der Waals surface area contributed by atoms with Crippen molar-refractivity contribution in [3.63, 3.8) is 0 Å². The van der Waals surface area contributed by atoms with Gasteiger partial charge in [-0.05, 0) is 46.5 Å². The van der Waals surface area contributed by atoms with E-state index < -0.39 is 12.2 Å². The number of carbonyl (C=O) groups is 2. The maximum atomic E-state index is 12.7. The zero-order valence-electron chi connectivity index (χ0n) is 20.2. The van der Waals surface area contributed by atoms with Gasteiger partial charge in [0.2, 0.25) is 5.91 Å². The van der Waals surface area contributed by atoms with Gasteiger partial charge >= 0.3 is 0 Å². The van der Waals surface area contributed by atoms with Crippen LogP contribution in [0.5, 0.6) is 0 Å². The Morgan fingerprint density at radius 1 is 1.17 bits per heavy atom. The van der Waals surface area contributed by atoms with Gasteiger partial charge in [0.15, 0.2) is 11.4 Å². The van der Waals surface area contributed by atoms with Crippen molar-refractivity contribution in [3.8, 4) is 11.1 Å². The van der Waals surface area contributed by atoms with E-state index in [1.165, 1.54) is 11.4 Å². The average molecular weight is 482 g/mol. The Morgan fingerprint density at radius 3 is 2.46 bits per heavy atom. The number of aliphatic hydroxyl groups excluding tert-OH is 1. The number of hydrogen-bond donors (Lipinski definition) is 3. The number of amides is 1. The number of nitrogens with zero attached hydrogens (tertiary/aromatic N) is 6. The third-order valence-corrected chi connectivity index (χ3v) is 7.10. The number of nitrogen functional groups attached to an aromatic ring is 1. The molecule has 1 amide bonds. The lowest BCUT2D eigenvalue weighted by molar-refractivity contribution is -0.138. The van der Waals surface area contributed by atoms with Gasteiger partial charge in [-0.1, -0.05) is 0 Å². The first-order valence-electron chi connectivity index (χ1n) is 11.9. The summed E-state index contributed by atoms with van der Waals surface area (Å²) >= 11 is 0. The van der Waals surface area contributed by atoms with Gasteiger partial charge in [0.25, 0.3) is 0 Å². The van der Waals surface area contributed by atoms with Crippen LogP contribution in [0.3, 0.4) is 0 Å².